The highest BCUT2D eigenvalue weighted by Gasteiger charge is 2.19. The molecule has 0 spiro atoms. The summed E-state index contributed by atoms with van der Waals surface area (Å²) in [5.41, 5.74) is 2.00. The van der Waals surface area contributed by atoms with Crippen molar-refractivity contribution in [1.82, 2.24) is 20.1 Å². The van der Waals surface area contributed by atoms with E-state index in [1.807, 2.05) is 48.7 Å². The van der Waals surface area contributed by atoms with Gasteiger partial charge in [0.2, 0.25) is 5.91 Å². The molecule has 7 heteroatoms. The van der Waals surface area contributed by atoms with Gasteiger partial charge in [-0.15, -0.1) is 10.2 Å². The Hall–Kier alpha value is -2.67. The first-order chi connectivity index (χ1) is 13.0. The molecule has 27 heavy (non-hydrogen) atoms. The van der Waals surface area contributed by atoms with Crippen LogP contribution >= 0.6 is 11.8 Å². The summed E-state index contributed by atoms with van der Waals surface area (Å²) in [6.07, 6.45) is 0. The second kappa shape index (κ2) is 8.81. The Morgan fingerprint density at radius 3 is 2.52 bits per heavy atom. The Bertz CT molecular complexity index is 896. The summed E-state index contributed by atoms with van der Waals surface area (Å²) in [5, 5.41) is 11.6. The Morgan fingerprint density at radius 2 is 1.81 bits per heavy atom. The normalized spacial score (nSPS) is 12.0. The second-order valence-electron chi connectivity index (χ2n) is 6.21. The lowest BCUT2D eigenvalue weighted by atomic mass is 10.2. The first-order valence-electron chi connectivity index (χ1n) is 8.65. The molecule has 0 aliphatic carbocycles. The zero-order chi connectivity index (χ0) is 19.2. The monoisotopic (exact) mass is 384 g/mol. The van der Waals surface area contributed by atoms with Gasteiger partial charge in [-0.05, 0) is 37.1 Å². The summed E-state index contributed by atoms with van der Waals surface area (Å²) >= 11 is 1.37. The topological polar surface area (TPSA) is 59.8 Å². The summed E-state index contributed by atoms with van der Waals surface area (Å²) in [6.45, 7) is 4.76. The van der Waals surface area contributed by atoms with Crippen LogP contribution in [0.3, 0.4) is 0 Å². The highest BCUT2D eigenvalue weighted by molar-refractivity contribution is 8.00. The number of nitrogens with one attached hydrogen (secondary N) is 1. The minimum absolute atomic E-state index is 0.101. The van der Waals surface area contributed by atoms with E-state index in [4.69, 9.17) is 0 Å². The Morgan fingerprint density at radius 1 is 1.11 bits per heavy atom. The number of aryl methyl sites for hydroxylation is 1. The number of thioether (sulfide) groups is 1. The molecule has 0 saturated carbocycles. The highest BCUT2D eigenvalue weighted by Crippen LogP contribution is 2.23. The second-order valence-corrected chi connectivity index (χ2v) is 7.51. The van der Waals surface area contributed by atoms with Crippen LogP contribution < -0.4 is 5.32 Å². The van der Waals surface area contributed by atoms with E-state index in [0.717, 1.165) is 17.0 Å². The lowest BCUT2D eigenvalue weighted by Crippen LogP contribution is -2.30. The van der Waals surface area contributed by atoms with Gasteiger partial charge in [0.1, 0.15) is 11.6 Å². The summed E-state index contributed by atoms with van der Waals surface area (Å²) in [6, 6.07) is 16.1. The molecule has 3 rings (SSSR count). The standard InChI is InChI=1S/C20H21FN4OS/c1-14(19(26)22-12-16-8-10-18(21)11-9-16)27-20-24-23-15(2)25(20)13-17-6-4-3-5-7-17/h3-11,14H,12-13H2,1-2H3,(H,22,26)/t14-/m1/s1. The number of aromatic nitrogens is 3. The largest absolute Gasteiger partial charge is 0.351 e. The average Bonchev–Trinajstić information content (AvgIpc) is 3.01. The third-order valence-corrected chi connectivity index (χ3v) is 5.20. The number of carbonyl (C=O) groups excluding carboxylic acids is 1. The number of nitrogens with zero attached hydrogens (tertiary/aromatic N) is 3. The molecule has 0 saturated heterocycles. The van der Waals surface area contributed by atoms with E-state index in [9.17, 15) is 9.18 Å². The van der Waals surface area contributed by atoms with E-state index in [2.05, 4.69) is 15.5 Å². The lowest BCUT2D eigenvalue weighted by molar-refractivity contribution is -0.120. The molecule has 0 fully saturated rings. The van der Waals surface area contributed by atoms with Gasteiger partial charge in [-0.2, -0.15) is 0 Å². The van der Waals surface area contributed by atoms with Crippen LogP contribution in [0, 0.1) is 12.7 Å². The summed E-state index contributed by atoms with van der Waals surface area (Å²) < 4.78 is 14.9. The molecule has 2 aromatic carbocycles. The number of amides is 1. The predicted octanol–water partition coefficient (Wildman–Crippen LogP) is 3.57. The predicted molar refractivity (Wildman–Crippen MR) is 104 cm³/mol. The molecule has 0 radical (unpaired) electrons. The van der Waals surface area contributed by atoms with Gasteiger partial charge >= 0.3 is 0 Å². The number of hydrogen-bond donors (Lipinski definition) is 1. The maximum atomic E-state index is 12.9. The van der Waals surface area contributed by atoms with Gasteiger partial charge in [-0.25, -0.2) is 4.39 Å². The number of halogens is 1. The van der Waals surface area contributed by atoms with Gasteiger partial charge < -0.3 is 9.88 Å². The van der Waals surface area contributed by atoms with E-state index >= 15 is 0 Å². The van der Waals surface area contributed by atoms with Gasteiger partial charge in [-0.3, -0.25) is 4.79 Å². The molecule has 1 N–H and O–H groups in total. The Balaban J connectivity index is 1.61. The molecule has 5 nitrogen and oxygen atoms in total. The van der Waals surface area contributed by atoms with Gasteiger partial charge in [0.25, 0.3) is 0 Å². The number of carbonyl (C=O) groups is 1. The molecule has 3 aromatic rings. The van der Waals surface area contributed by atoms with Crippen LogP contribution in [0.2, 0.25) is 0 Å². The van der Waals surface area contributed by atoms with E-state index in [-0.39, 0.29) is 17.0 Å². The van der Waals surface area contributed by atoms with Crippen molar-refractivity contribution in [3.63, 3.8) is 0 Å². The van der Waals surface area contributed by atoms with Gasteiger partial charge in [-0.1, -0.05) is 54.2 Å². The zero-order valence-corrected chi connectivity index (χ0v) is 16.0. The molecule has 0 aliphatic heterocycles. The lowest BCUT2D eigenvalue weighted by Gasteiger charge is -2.13. The molecule has 1 amide bonds. The molecule has 0 unspecified atom stereocenters. The van der Waals surface area contributed by atoms with Crippen LogP contribution in [0.1, 0.15) is 23.9 Å². The van der Waals surface area contributed by atoms with Crippen molar-refractivity contribution in [3.8, 4) is 0 Å². The average molecular weight is 384 g/mol. The van der Waals surface area contributed by atoms with Crippen molar-refractivity contribution in [2.75, 3.05) is 0 Å². The van der Waals surface area contributed by atoms with Crippen molar-refractivity contribution < 1.29 is 9.18 Å². The van der Waals surface area contributed by atoms with Gasteiger partial charge in [0.15, 0.2) is 5.16 Å². The fourth-order valence-electron chi connectivity index (χ4n) is 2.54. The minimum Gasteiger partial charge on any atom is -0.351 e. The maximum Gasteiger partial charge on any atom is 0.233 e. The highest BCUT2D eigenvalue weighted by atomic mass is 32.2. The van der Waals surface area contributed by atoms with Crippen molar-refractivity contribution in [3.05, 3.63) is 77.4 Å². The molecule has 1 aromatic heterocycles. The Kier molecular flexibility index (Phi) is 6.24. The number of rotatable bonds is 7. The summed E-state index contributed by atoms with van der Waals surface area (Å²) in [7, 11) is 0. The summed E-state index contributed by atoms with van der Waals surface area (Å²) in [4.78, 5) is 12.4. The minimum atomic E-state index is -0.330. The van der Waals surface area contributed by atoms with Gasteiger partial charge in [0, 0.05) is 6.54 Å². The first-order valence-corrected chi connectivity index (χ1v) is 9.53. The van der Waals surface area contributed by atoms with Crippen molar-refractivity contribution in [1.29, 1.82) is 0 Å². The smallest absolute Gasteiger partial charge is 0.233 e. The fraction of sp³-hybridized carbons (Fsp3) is 0.250. The molecule has 140 valence electrons. The van der Waals surface area contributed by atoms with Crippen molar-refractivity contribution >= 4 is 17.7 Å². The number of benzene rings is 2. The molecule has 1 heterocycles. The van der Waals surface area contributed by atoms with E-state index in [1.165, 1.54) is 23.9 Å². The van der Waals surface area contributed by atoms with Crippen molar-refractivity contribution in [2.45, 2.75) is 37.3 Å². The quantitative estimate of drug-likeness (QED) is 0.633. The first kappa shape index (κ1) is 19.1. The Labute approximate surface area is 162 Å². The third-order valence-electron chi connectivity index (χ3n) is 4.12. The molecule has 1 atom stereocenters. The molecular weight excluding hydrogens is 363 g/mol. The fourth-order valence-corrected chi connectivity index (χ4v) is 3.46. The summed E-state index contributed by atoms with van der Waals surface area (Å²) in [5.74, 6) is 0.415. The maximum absolute atomic E-state index is 12.9. The van der Waals surface area contributed by atoms with E-state index in [0.29, 0.717) is 18.2 Å². The zero-order valence-electron chi connectivity index (χ0n) is 15.2. The van der Waals surface area contributed by atoms with Crippen LogP contribution in [0.5, 0.6) is 0 Å². The molecule has 0 bridgehead atoms. The van der Waals surface area contributed by atoms with Crippen LogP contribution in [0.15, 0.2) is 59.8 Å². The van der Waals surface area contributed by atoms with E-state index < -0.39 is 0 Å². The van der Waals surface area contributed by atoms with Crippen molar-refractivity contribution in [2.24, 2.45) is 0 Å². The van der Waals surface area contributed by atoms with Crippen LogP contribution in [-0.2, 0) is 17.9 Å². The molecule has 0 aliphatic rings. The SMILES string of the molecule is Cc1nnc(S[C@H](C)C(=O)NCc2ccc(F)cc2)n1Cc1ccccc1. The van der Waals surface area contributed by atoms with Crippen LogP contribution in [0.4, 0.5) is 4.39 Å². The molecular formula is C20H21FN4OS. The third kappa shape index (κ3) is 5.17. The van der Waals surface area contributed by atoms with Crippen LogP contribution in [0.25, 0.3) is 0 Å². The van der Waals surface area contributed by atoms with Crippen LogP contribution in [-0.4, -0.2) is 25.9 Å². The van der Waals surface area contributed by atoms with E-state index in [1.54, 1.807) is 12.1 Å². The van der Waals surface area contributed by atoms with Gasteiger partial charge in [0.05, 0.1) is 11.8 Å². The number of hydrogen-bond acceptors (Lipinski definition) is 4.